The molecule has 0 radical (unpaired) electrons. The molecular formula is C18H23N5O. The van der Waals surface area contributed by atoms with Gasteiger partial charge in [-0.1, -0.05) is 18.2 Å². The minimum Gasteiger partial charge on any atom is -0.384 e. The Balaban J connectivity index is 1.70. The zero-order valence-corrected chi connectivity index (χ0v) is 14.3. The monoisotopic (exact) mass is 325 g/mol. The van der Waals surface area contributed by atoms with E-state index in [1.807, 2.05) is 44.6 Å². The van der Waals surface area contributed by atoms with Crippen LogP contribution in [-0.4, -0.2) is 31.0 Å². The third-order valence-corrected chi connectivity index (χ3v) is 4.13. The van der Waals surface area contributed by atoms with Crippen LogP contribution in [0.3, 0.4) is 0 Å². The molecular weight excluding hydrogens is 302 g/mol. The summed E-state index contributed by atoms with van der Waals surface area (Å²) in [6.07, 6.45) is 5.40. The maximum Gasteiger partial charge on any atom is 0.110 e. The number of imidazole rings is 1. The zero-order chi connectivity index (χ0) is 17.2. The second-order valence-corrected chi connectivity index (χ2v) is 6.25. The number of aryl methyl sites for hydroxylation is 2. The summed E-state index contributed by atoms with van der Waals surface area (Å²) in [6.45, 7) is 4.82. The molecule has 6 nitrogen and oxygen atoms in total. The third-order valence-electron chi connectivity index (χ3n) is 4.13. The van der Waals surface area contributed by atoms with E-state index in [9.17, 15) is 5.11 Å². The van der Waals surface area contributed by atoms with Crippen molar-refractivity contribution in [3.05, 3.63) is 66.0 Å². The molecule has 1 aromatic carbocycles. The lowest BCUT2D eigenvalue weighted by Gasteiger charge is -2.22. The van der Waals surface area contributed by atoms with Crippen LogP contribution in [0, 0.1) is 6.92 Å². The highest BCUT2D eigenvalue weighted by atomic mass is 16.3. The van der Waals surface area contributed by atoms with Crippen molar-refractivity contribution in [1.82, 2.24) is 24.6 Å². The number of hydrogen-bond donors (Lipinski definition) is 2. The Morgan fingerprint density at radius 2 is 1.96 bits per heavy atom. The van der Waals surface area contributed by atoms with E-state index in [0.717, 1.165) is 22.8 Å². The van der Waals surface area contributed by atoms with Gasteiger partial charge in [0.05, 0.1) is 18.1 Å². The van der Waals surface area contributed by atoms with Gasteiger partial charge in [-0.25, -0.2) is 4.98 Å². The number of nitrogens with one attached hydrogen (secondary N) is 1. The normalized spacial score (nSPS) is 13.8. The molecule has 24 heavy (non-hydrogen) atoms. The zero-order valence-electron chi connectivity index (χ0n) is 14.3. The van der Waals surface area contributed by atoms with Gasteiger partial charge in [0.15, 0.2) is 0 Å². The first kappa shape index (κ1) is 16.4. The van der Waals surface area contributed by atoms with Gasteiger partial charge in [0, 0.05) is 37.6 Å². The predicted molar refractivity (Wildman–Crippen MR) is 92.8 cm³/mol. The average Bonchev–Trinajstić information content (AvgIpc) is 3.15. The molecule has 0 spiro atoms. The van der Waals surface area contributed by atoms with E-state index in [2.05, 4.69) is 32.1 Å². The number of aromatic nitrogens is 4. The second kappa shape index (κ2) is 6.59. The van der Waals surface area contributed by atoms with E-state index in [1.54, 1.807) is 17.8 Å². The molecule has 3 rings (SSSR count). The molecule has 126 valence electrons. The van der Waals surface area contributed by atoms with Crippen molar-refractivity contribution in [3.63, 3.8) is 0 Å². The Hall–Kier alpha value is -2.44. The molecule has 0 unspecified atom stereocenters. The van der Waals surface area contributed by atoms with Crippen LogP contribution in [0.1, 0.15) is 24.0 Å². The van der Waals surface area contributed by atoms with Crippen LogP contribution in [0.25, 0.3) is 5.69 Å². The number of aliphatic hydroxyl groups is 1. The highest BCUT2D eigenvalue weighted by molar-refractivity contribution is 5.35. The topological polar surface area (TPSA) is 67.9 Å². The van der Waals surface area contributed by atoms with Crippen molar-refractivity contribution in [2.45, 2.75) is 26.0 Å². The predicted octanol–water partition coefficient (Wildman–Crippen LogP) is 1.91. The van der Waals surface area contributed by atoms with Crippen LogP contribution in [0.5, 0.6) is 0 Å². The van der Waals surface area contributed by atoms with Gasteiger partial charge in [0.1, 0.15) is 11.4 Å². The standard InChI is InChI=1S/C18H23N5O/c1-14-20-11-17(23(14)16-7-5-4-6-8-16)10-19-13-18(2,24)15-9-21-22(3)12-15/h4-9,11-12,19,24H,10,13H2,1-3H3/t18-/m0/s1. The van der Waals surface area contributed by atoms with E-state index in [1.165, 1.54) is 0 Å². The van der Waals surface area contributed by atoms with E-state index in [0.29, 0.717) is 13.1 Å². The Labute approximate surface area is 141 Å². The summed E-state index contributed by atoms with van der Waals surface area (Å²) >= 11 is 0. The smallest absolute Gasteiger partial charge is 0.110 e. The first-order valence-corrected chi connectivity index (χ1v) is 7.98. The van der Waals surface area contributed by atoms with Crippen LogP contribution in [0.2, 0.25) is 0 Å². The van der Waals surface area contributed by atoms with E-state index in [4.69, 9.17) is 0 Å². The fourth-order valence-electron chi connectivity index (χ4n) is 2.78. The number of benzene rings is 1. The maximum absolute atomic E-state index is 10.6. The summed E-state index contributed by atoms with van der Waals surface area (Å²) in [5.41, 5.74) is 1.97. The maximum atomic E-state index is 10.6. The third kappa shape index (κ3) is 3.39. The lowest BCUT2D eigenvalue weighted by molar-refractivity contribution is 0.0565. The fourth-order valence-corrected chi connectivity index (χ4v) is 2.78. The summed E-state index contributed by atoms with van der Waals surface area (Å²) in [4.78, 5) is 4.42. The highest BCUT2D eigenvalue weighted by Gasteiger charge is 2.24. The van der Waals surface area contributed by atoms with Crippen LogP contribution in [0.4, 0.5) is 0 Å². The SMILES string of the molecule is Cc1ncc(CNC[C@](C)(O)c2cnn(C)c2)n1-c1ccccc1. The molecule has 0 aliphatic carbocycles. The molecule has 0 aliphatic heterocycles. The van der Waals surface area contributed by atoms with Crippen LogP contribution < -0.4 is 5.32 Å². The lowest BCUT2D eigenvalue weighted by Crippen LogP contribution is -2.35. The van der Waals surface area contributed by atoms with Gasteiger partial charge in [0.2, 0.25) is 0 Å². The molecule has 2 N–H and O–H groups in total. The molecule has 0 saturated carbocycles. The molecule has 3 aromatic rings. The Kier molecular flexibility index (Phi) is 4.51. The summed E-state index contributed by atoms with van der Waals surface area (Å²) < 4.78 is 3.81. The molecule has 2 heterocycles. The number of nitrogens with zero attached hydrogens (tertiary/aromatic N) is 4. The molecule has 0 saturated heterocycles. The Morgan fingerprint density at radius 3 is 2.62 bits per heavy atom. The van der Waals surface area contributed by atoms with Gasteiger partial charge in [-0.3, -0.25) is 9.25 Å². The van der Waals surface area contributed by atoms with Crippen LogP contribution in [0.15, 0.2) is 48.9 Å². The second-order valence-electron chi connectivity index (χ2n) is 6.25. The Bertz CT molecular complexity index is 804. The Morgan fingerprint density at radius 1 is 1.21 bits per heavy atom. The fraction of sp³-hybridized carbons (Fsp3) is 0.333. The van der Waals surface area contributed by atoms with E-state index < -0.39 is 5.60 Å². The van der Waals surface area contributed by atoms with Crippen LogP contribution in [-0.2, 0) is 19.2 Å². The minimum absolute atomic E-state index is 0.428. The molecule has 0 fully saturated rings. The highest BCUT2D eigenvalue weighted by Crippen LogP contribution is 2.19. The van der Waals surface area contributed by atoms with Gasteiger partial charge in [-0.05, 0) is 26.0 Å². The van der Waals surface area contributed by atoms with E-state index >= 15 is 0 Å². The lowest BCUT2D eigenvalue weighted by atomic mass is 10.00. The number of hydrogen-bond acceptors (Lipinski definition) is 4. The van der Waals surface area contributed by atoms with Gasteiger partial charge in [0.25, 0.3) is 0 Å². The van der Waals surface area contributed by atoms with Crippen LogP contribution >= 0.6 is 0 Å². The molecule has 2 aromatic heterocycles. The molecule has 0 amide bonds. The quantitative estimate of drug-likeness (QED) is 0.726. The minimum atomic E-state index is -0.971. The van der Waals surface area contributed by atoms with Gasteiger partial charge in [-0.2, -0.15) is 5.10 Å². The van der Waals surface area contributed by atoms with Gasteiger partial charge < -0.3 is 10.4 Å². The largest absolute Gasteiger partial charge is 0.384 e. The average molecular weight is 325 g/mol. The van der Waals surface area contributed by atoms with Gasteiger partial charge >= 0.3 is 0 Å². The first-order chi connectivity index (χ1) is 11.5. The summed E-state index contributed by atoms with van der Waals surface area (Å²) in [7, 11) is 1.84. The first-order valence-electron chi connectivity index (χ1n) is 7.98. The summed E-state index contributed by atoms with van der Waals surface area (Å²) in [5, 5.41) is 18.1. The van der Waals surface area contributed by atoms with Crippen molar-refractivity contribution in [3.8, 4) is 5.69 Å². The number of para-hydroxylation sites is 1. The van der Waals surface area contributed by atoms with E-state index in [-0.39, 0.29) is 0 Å². The molecule has 0 bridgehead atoms. The number of rotatable bonds is 6. The molecule has 1 atom stereocenters. The summed E-state index contributed by atoms with van der Waals surface area (Å²) in [5.74, 6) is 0.942. The van der Waals surface area contributed by atoms with Crippen molar-refractivity contribution in [1.29, 1.82) is 0 Å². The molecule has 6 heteroatoms. The van der Waals surface area contributed by atoms with Crippen molar-refractivity contribution in [2.75, 3.05) is 6.54 Å². The summed E-state index contributed by atoms with van der Waals surface area (Å²) in [6, 6.07) is 10.1. The van der Waals surface area contributed by atoms with Crippen molar-refractivity contribution in [2.24, 2.45) is 7.05 Å². The van der Waals surface area contributed by atoms with Gasteiger partial charge in [-0.15, -0.1) is 0 Å². The van der Waals surface area contributed by atoms with Crippen molar-refractivity contribution < 1.29 is 5.11 Å². The molecule has 0 aliphatic rings. The van der Waals surface area contributed by atoms with Crippen molar-refractivity contribution >= 4 is 0 Å².